The second-order valence-corrected chi connectivity index (χ2v) is 1.47. The summed E-state index contributed by atoms with van der Waals surface area (Å²) < 4.78 is 0. The number of hydrogen-bond acceptors (Lipinski definition) is 2. The summed E-state index contributed by atoms with van der Waals surface area (Å²) in [6.45, 7) is 0. The van der Waals surface area contributed by atoms with Crippen molar-refractivity contribution in [2.24, 2.45) is 0 Å². The van der Waals surface area contributed by atoms with E-state index in [2.05, 4.69) is 0 Å². The molecule has 0 unspecified atom stereocenters. The van der Waals surface area contributed by atoms with Crippen molar-refractivity contribution in [3.8, 4) is 11.5 Å². The van der Waals surface area contributed by atoms with Gasteiger partial charge in [0.2, 0.25) is 0 Å². The zero-order chi connectivity index (χ0) is 5.98. The van der Waals surface area contributed by atoms with Gasteiger partial charge in [0, 0.05) is 0 Å². The molecule has 1 aromatic rings. The minimum absolute atomic E-state index is 0. The summed E-state index contributed by atoms with van der Waals surface area (Å²) in [7, 11) is 0. The van der Waals surface area contributed by atoms with Gasteiger partial charge < -0.3 is 10.2 Å². The van der Waals surface area contributed by atoms with Crippen LogP contribution in [-0.4, -0.2) is 5.11 Å². The molecule has 0 bridgehead atoms. The molecule has 0 amide bonds. The van der Waals surface area contributed by atoms with Crippen LogP contribution >= 0.6 is 0 Å². The van der Waals surface area contributed by atoms with E-state index in [0.29, 0.717) is 0 Å². The van der Waals surface area contributed by atoms with Crippen molar-refractivity contribution in [3.05, 3.63) is 24.3 Å². The number of phenols is 1. The molecule has 1 N–H and O–H groups in total. The molecule has 9 heavy (non-hydrogen) atoms. The van der Waals surface area contributed by atoms with Gasteiger partial charge in [-0.05, 0) is 6.07 Å². The predicted molar refractivity (Wildman–Crippen MR) is 27.6 cm³/mol. The van der Waals surface area contributed by atoms with Crippen LogP contribution in [0.2, 0.25) is 0 Å². The molecule has 0 fully saturated rings. The fourth-order valence-electron chi connectivity index (χ4n) is 0.457. The molecule has 42 valence electrons. The van der Waals surface area contributed by atoms with Gasteiger partial charge in [-0.15, -0.1) is 0 Å². The van der Waals surface area contributed by atoms with Crippen molar-refractivity contribution in [3.63, 3.8) is 0 Å². The van der Waals surface area contributed by atoms with Crippen LogP contribution in [0.3, 0.4) is 0 Å². The Labute approximate surface area is 75.4 Å². The van der Waals surface area contributed by atoms with Gasteiger partial charge in [0.25, 0.3) is 0 Å². The van der Waals surface area contributed by atoms with Crippen LogP contribution in [0.5, 0.6) is 11.5 Å². The second-order valence-electron chi connectivity index (χ2n) is 1.47. The van der Waals surface area contributed by atoms with Gasteiger partial charge in [0.1, 0.15) is 5.75 Å². The average Bonchev–Trinajstić information content (AvgIpc) is 1.77. The van der Waals surface area contributed by atoms with E-state index >= 15 is 0 Å². The molecule has 3 heteroatoms. The molecule has 0 radical (unpaired) electrons. The molecule has 2 nitrogen and oxygen atoms in total. The topological polar surface area (TPSA) is 43.3 Å². The largest absolute Gasteiger partial charge is 1.00 e. The van der Waals surface area contributed by atoms with Crippen LogP contribution in [0.1, 0.15) is 0 Å². The van der Waals surface area contributed by atoms with E-state index in [4.69, 9.17) is 5.11 Å². The normalized spacial score (nSPS) is 8.00. The Morgan fingerprint density at radius 1 is 1.22 bits per heavy atom. The van der Waals surface area contributed by atoms with Crippen molar-refractivity contribution in [1.82, 2.24) is 0 Å². The first-order valence-corrected chi connectivity index (χ1v) is 2.26. The quantitative estimate of drug-likeness (QED) is 0.395. The maximum Gasteiger partial charge on any atom is 1.00 e. The van der Waals surface area contributed by atoms with Crippen molar-refractivity contribution >= 4 is 0 Å². The van der Waals surface area contributed by atoms with Crippen LogP contribution in [0, 0.1) is 0 Å². The van der Waals surface area contributed by atoms with Crippen molar-refractivity contribution in [2.45, 2.75) is 0 Å². The summed E-state index contributed by atoms with van der Waals surface area (Å²) in [5.74, 6) is -0.514. The third-order valence-electron chi connectivity index (χ3n) is 0.865. The fraction of sp³-hybridized carbons (Fsp3) is 0. The van der Waals surface area contributed by atoms with Crippen LogP contribution < -0.4 is 34.7 Å². The molecular weight excluding hydrogens is 127 g/mol. The van der Waals surface area contributed by atoms with Gasteiger partial charge in [-0.1, -0.05) is 23.9 Å². The van der Waals surface area contributed by atoms with Crippen LogP contribution in [0.4, 0.5) is 0 Å². The number of rotatable bonds is 0. The summed E-state index contributed by atoms with van der Waals surface area (Å²) >= 11 is 0. The molecule has 0 aliphatic heterocycles. The molecule has 0 saturated heterocycles. The van der Waals surface area contributed by atoms with Crippen molar-refractivity contribution in [1.29, 1.82) is 0 Å². The molecule has 1 aromatic carbocycles. The van der Waals surface area contributed by atoms with Gasteiger partial charge in [-0.2, -0.15) is 0 Å². The Kier molecular flexibility index (Phi) is 3.70. The Bertz CT molecular complexity index is 167. The van der Waals surface area contributed by atoms with E-state index in [1.807, 2.05) is 0 Å². The minimum atomic E-state index is -0.326. The summed E-state index contributed by atoms with van der Waals surface area (Å²) in [6.07, 6.45) is 0. The molecule has 0 aromatic heterocycles. The van der Waals surface area contributed by atoms with Crippen LogP contribution in [0.15, 0.2) is 24.3 Å². The summed E-state index contributed by atoms with van der Waals surface area (Å²) in [6, 6.07) is 5.87. The zero-order valence-electron chi connectivity index (χ0n) is 5.16. The first-order chi connectivity index (χ1) is 3.80. The summed E-state index contributed by atoms with van der Waals surface area (Å²) in [4.78, 5) is 0. The summed E-state index contributed by atoms with van der Waals surface area (Å²) in [5, 5.41) is 19.0. The van der Waals surface area contributed by atoms with E-state index in [-0.39, 0.29) is 41.1 Å². The average molecular weight is 132 g/mol. The number of benzene rings is 1. The Morgan fingerprint density at radius 2 is 1.78 bits per heavy atom. The minimum Gasteiger partial charge on any atom is -0.870 e. The third kappa shape index (κ3) is 2.26. The first kappa shape index (κ1) is 8.82. The monoisotopic (exact) mass is 132 g/mol. The molecule has 0 aliphatic rings. The maximum atomic E-state index is 10.4. The molecule has 1 rings (SSSR count). The van der Waals surface area contributed by atoms with Crippen molar-refractivity contribution in [2.75, 3.05) is 0 Å². The third-order valence-corrected chi connectivity index (χ3v) is 0.865. The number of para-hydroxylation sites is 2. The van der Waals surface area contributed by atoms with E-state index in [1.165, 1.54) is 12.1 Å². The van der Waals surface area contributed by atoms with Gasteiger partial charge in [0.05, 0.1) is 0 Å². The van der Waals surface area contributed by atoms with E-state index in [1.54, 1.807) is 12.1 Å². The maximum absolute atomic E-state index is 10.4. The second kappa shape index (κ2) is 3.77. The van der Waals surface area contributed by atoms with E-state index < -0.39 is 0 Å². The molecule has 0 saturated carbocycles. The van der Waals surface area contributed by atoms with Gasteiger partial charge in [-0.25, -0.2) is 0 Å². The molecule has 0 atom stereocenters. The van der Waals surface area contributed by atoms with Gasteiger partial charge in [-0.3, -0.25) is 0 Å². The zero-order valence-corrected chi connectivity index (χ0v) is 7.16. The van der Waals surface area contributed by atoms with Crippen LogP contribution in [-0.2, 0) is 0 Å². The van der Waals surface area contributed by atoms with Crippen LogP contribution in [0.25, 0.3) is 0 Å². The molecule has 0 heterocycles. The van der Waals surface area contributed by atoms with Crippen molar-refractivity contribution < 1.29 is 39.8 Å². The number of phenolic OH excluding ortho intramolecular Hbond substituents is 1. The Hall–Kier alpha value is -0.180. The Balaban J connectivity index is 0.000000640. The smallest absolute Gasteiger partial charge is 0.870 e. The summed E-state index contributed by atoms with van der Waals surface area (Å²) in [5.41, 5.74) is 0. The van der Waals surface area contributed by atoms with E-state index in [0.717, 1.165) is 0 Å². The Morgan fingerprint density at radius 3 is 2.11 bits per heavy atom. The fourth-order valence-corrected chi connectivity index (χ4v) is 0.457. The predicted octanol–water partition coefficient (Wildman–Crippen LogP) is -2.53. The molecule has 0 aliphatic carbocycles. The van der Waals surface area contributed by atoms with E-state index in [9.17, 15) is 5.11 Å². The molecular formula is C6H5NaO2. The number of hydrogen-bond donors (Lipinski definition) is 1. The van der Waals surface area contributed by atoms with Gasteiger partial charge >= 0.3 is 29.6 Å². The number of aromatic hydroxyl groups is 1. The standard InChI is InChI=1S/C6H6O2.Na/c7-5-3-1-2-4-6(5)8;/h1-4,7-8H;/q;+1/p-1. The van der Waals surface area contributed by atoms with Gasteiger partial charge in [0.15, 0.2) is 0 Å². The first-order valence-electron chi connectivity index (χ1n) is 2.26. The SMILES string of the molecule is [Na+].[O-]c1ccccc1O. The molecule has 0 spiro atoms.